The van der Waals surface area contributed by atoms with E-state index in [-0.39, 0.29) is 6.04 Å². The van der Waals surface area contributed by atoms with E-state index in [1.165, 1.54) is 5.56 Å². The highest BCUT2D eigenvalue weighted by Gasteiger charge is 2.14. The van der Waals surface area contributed by atoms with E-state index in [1.54, 1.807) is 13.2 Å². The summed E-state index contributed by atoms with van der Waals surface area (Å²) in [4.78, 5) is 0. The molecule has 0 saturated carbocycles. The lowest BCUT2D eigenvalue weighted by atomic mass is 9.99. The first kappa shape index (κ1) is 15.2. The summed E-state index contributed by atoms with van der Waals surface area (Å²) >= 11 is 12.2. The Hall–Kier alpha value is -1.22. The van der Waals surface area contributed by atoms with E-state index in [0.717, 1.165) is 17.7 Å². The molecule has 0 spiro atoms. The van der Waals surface area contributed by atoms with Crippen molar-refractivity contribution < 1.29 is 4.74 Å². The first-order valence-corrected chi connectivity index (χ1v) is 7.14. The molecule has 0 fully saturated rings. The van der Waals surface area contributed by atoms with Crippen molar-refractivity contribution in [3.05, 3.63) is 63.6 Å². The fourth-order valence-electron chi connectivity index (χ4n) is 2.19. The second-order valence-electron chi connectivity index (χ2n) is 4.56. The Labute approximate surface area is 129 Å². The number of hydrogen-bond acceptors (Lipinski definition) is 2. The minimum Gasteiger partial charge on any atom is -0.497 e. The SMILES string of the molecule is CNC(Cc1cccc(OC)c1)c1ccc(Cl)cc1Cl. The van der Waals surface area contributed by atoms with Crippen LogP contribution in [0.1, 0.15) is 17.2 Å². The van der Waals surface area contributed by atoms with Crippen LogP contribution < -0.4 is 10.1 Å². The predicted molar refractivity (Wildman–Crippen MR) is 85.0 cm³/mol. The van der Waals surface area contributed by atoms with Crippen molar-refractivity contribution in [1.29, 1.82) is 0 Å². The molecule has 0 aliphatic heterocycles. The quantitative estimate of drug-likeness (QED) is 0.877. The average molecular weight is 310 g/mol. The predicted octanol–water partition coefficient (Wildman–Crippen LogP) is 4.51. The molecule has 2 aromatic carbocycles. The molecule has 2 rings (SSSR count). The second kappa shape index (κ2) is 6.98. The highest BCUT2D eigenvalue weighted by molar-refractivity contribution is 6.35. The molecule has 0 aromatic heterocycles. The minimum absolute atomic E-state index is 0.131. The standard InChI is InChI=1S/C16H17Cl2NO/c1-19-16(14-7-6-12(17)10-15(14)18)9-11-4-3-5-13(8-11)20-2/h3-8,10,16,19H,9H2,1-2H3. The van der Waals surface area contributed by atoms with Gasteiger partial charge in [0.05, 0.1) is 7.11 Å². The van der Waals surface area contributed by atoms with Gasteiger partial charge in [0.15, 0.2) is 0 Å². The summed E-state index contributed by atoms with van der Waals surface area (Å²) in [5, 5.41) is 4.62. The zero-order valence-electron chi connectivity index (χ0n) is 11.5. The van der Waals surface area contributed by atoms with Gasteiger partial charge in [0.1, 0.15) is 5.75 Å². The third-order valence-corrected chi connectivity index (χ3v) is 3.82. The molecular formula is C16H17Cl2NO. The van der Waals surface area contributed by atoms with Crippen LogP contribution in [0.4, 0.5) is 0 Å². The molecule has 0 amide bonds. The van der Waals surface area contributed by atoms with Gasteiger partial charge in [0, 0.05) is 16.1 Å². The van der Waals surface area contributed by atoms with Crippen LogP contribution in [0.5, 0.6) is 5.75 Å². The largest absolute Gasteiger partial charge is 0.497 e. The van der Waals surface area contributed by atoms with Gasteiger partial charge in [-0.3, -0.25) is 0 Å². The summed E-state index contributed by atoms with van der Waals surface area (Å²) in [6, 6.07) is 13.8. The van der Waals surface area contributed by atoms with E-state index < -0.39 is 0 Å². The summed E-state index contributed by atoms with van der Waals surface area (Å²) in [6.07, 6.45) is 0.828. The van der Waals surface area contributed by atoms with Gasteiger partial charge in [0.25, 0.3) is 0 Å². The van der Waals surface area contributed by atoms with Crippen LogP contribution in [0.25, 0.3) is 0 Å². The molecule has 0 bridgehead atoms. The first-order valence-electron chi connectivity index (χ1n) is 6.39. The number of nitrogens with one attached hydrogen (secondary N) is 1. The molecule has 1 atom stereocenters. The van der Waals surface area contributed by atoms with E-state index in [4.69, 9.17) is 27.9 Å². The average Bonchev–Trinajstić information content (AvgIpc) is 2.45. The molecule has 106 valence electrons. The molecule has 4 heteroatoms. The monoisotopic (exact) mass is 309 g/mol. The van der Waals surface area contributed by atoms with Gasteiger partial charge in [-0.25, -0.2) is 0 Å². The molecule has 20 heavy (non-hydrogen) atoms. The Morgan fingerprint density at radius 3 is 2.60 bits per heavy atom. The molecule has 2 aromatic rings. The molecule has 0 saturated heterocycles. The fraction of sp³-hybridized carbons (Fsp3) is 0.250. The molecule has 2 nitrogen and oxygen atoms in total. The van der Waals surface area contributed by atoms with Crippen molar-refractivity contribution in [3.8, 4) is 5.75 Å². The van der Waals surface area contributed by atoms with E-state index in [0.29, 0.717) is 10.0 Å². The Kier molecular flexibility index (Phi) is 5.30. The summed E-state index contributed by atoms with van der Waals surface area (Å²) in [7, 11) is 3.60. The summed E-state index contributed by atoms with van der Waals surface area (Å²) < 4.78 is 5.25. The van der Waals surface area contributed by atoms with Gasteiger partial charge >= 0.3 is 0 Å². The van der Waals surface area contributed by atoms with Crippen molar-refractivity contribution in [2.45, 2.75) is 12.5 Å². The van der Waals surface area contributed by atoms with Crippen molar-refractivity contribution in [2.24, 2.45) is 0 Å². The maximum atomic E-state index is 6.28. The van der Waals surface area contributed by atoms with Gasteiger partial charge in [-0.05, 0) is 48.9 Å². The minimum atomic E-state index is 0.131. The zero-order valence-corrected chi connectivity index (χ0v) is 13.0. The molecular weight excluding hydrogens is 293 g/mol. The number of benzene rings is 2. The number of ether oxygens (including phenoxy) is 1. The lowest BCUT2D eigenvalue weighted by Gasteiger charge is -2.18. The zero-order chi connectivity index (χ0) is 14.5. The van der Waals surface area contributed by atoms with E-state index in [9.17, 15) is 0 Å². The van der Waals surface area contributed by atoms with Crippen molar-refractivity contribution in [1.82, 2.24) is 5.32 Å². The Morgan fingerprint density at radius 2 is 1.95 bits per heavy atom. The van der Waals surface area contributed by atoms with Crippen molar-refractivity contribution >= 4 is 23.2 Å². The van der Waals surface area contributed by atoms with Crippen molar-refractivity contribution in [2.75, 3.05) is 14.2 Å². The Bertz CT molecular complexity index is 586. The van der Waals surface area contributed by atoms with E-state index >= 15 is 0 Å². The Balaban J connectivity index is 2.23. The maximum absolute atomic E-state index is 6.28. The lowest BCUT2D eigenvalue weighted by Crippen LogP contribution is -2.19. The van der Waals surface area contributed by atoms with Crippen LogP contribution in [-0.2, 0) is 6.42 Å². The summed E-state index contributed by atoms with van der Waals surface area (Å²) in [5.74, 6) is 0.861. The topological polar surface area (TPSA) is 21.3 Å². The van der Waals surface area contributed by atoms with E-state index in [2.05, 4.69) is 11.4 Å². The maximum Gasteiger partial charge on any atom is 0.119 e. The highest BCUT2D eigenvalue weighted by atomic mass is 35.5. The van der Waals surface area contributed by atoms with Crippen LogP contribution in [0, 0.1) is 0 Å². The number of hydrogen-bond donors (Lipinski definition) is 1. The van der Waals surface area contributed by atoms with Crippen LogP contribution in [-0.4, -0.2) is 14.2 Å². The van der Waals surface area contributed by atoms with Gasteiger partial charge < -0.3 is 10.1 Å². The normalized spacial score (nSPS) is 12.2. The smallest absolute Gasteiger partial charge is 0.119 e. The molecule has 0 radical (unpaired) electrons. The summed E-state index contributed by atoms with van der Waals surface area (Å²) in [5.41, 5.74) is 2.23. The fourth-order valence-corrected chi connectivity index (χ4v) is 2.73. The number of methoxy groups -OCH3 is 1. The molecule has 0 heterocycles. The second-order valence-corrected chi connectivity index (χ2v) is 5.41. The molecule has 1 unspecified atom stereocenters. The van der Waals surface area contributed by atoms with Crippen LogP contribution >= 0.6 is 23.2 Å². The molecule has 1 N–H and O–H groups in total. The third kappa shape index (κ3) is 3.66. The third-order valence-electron chi connectivity index (χ3n) is 3.26. The van der Waals surface area contributed by atoms with Gasteiger partial charge in [-0.15, -0.1) is 0 Å². The van der Waals surface area contributed by atoms with Gasteiger partial charge in [-0.1, -0.05) is 41.4 Å². The lowest BCUT2D eigenvalue weighted by molar-refractivity contribution is 0.414. The number of likely N-dealkylation sites (N-methyl/N-ethyl adjacent to an activating group) is 1. The van der Waals surface area contributed by atoms with Crippen LogP contribution in [0.2, 0.25) is 10.0 Å². The number of halogens is 2. The van der Waals surface area contributed by atoms with Crippen molar-refractivity contribution in [3.63, 3.8) is 0 Å². The van der Waals surface area contributed by atoms with Crippen LogP contribution in [0.15, 0.2) is 42.5 Å². The molecule has 0 aliphatic rings. The summed E-state index contributed by atoms with van der Waals surface area (Å²) in [6.45, 7) is 0. The Morgan fingerprint density at radius 1 is 1.15 bits per heavy atom. The van der Waals surface area contributed by atoms with Crippen LogP contribution in [0.3, 0.4) is 0 Å². The number of rotatable bonds is 5. The highest BCUT2D eigenvalue weighted by Crippen LogP contribution is 2.28. The van der Waals surface area contributed by atoms with E-state index in [1.807, 2.05) is 37.4 Å². The molecule has 0 aliphatic carbocycles. The first-order chi connectivity index (χ1) is 9.63. The van der Waals surface area contributed by atoms with Gasteiger partial charge in [-0.2, -0.15) is 0 Å². The van der Waals surface area contributed by atoms with Gasteiger partial charge in [0.2, 0.25) is 0 Å².